The number of rotatable bonds is 2. The molecule has 4 bridgehead atoms. The van der Waals surface area contributed by atoms with E-state index in [1.54, 1.807) is 0 Å². The molecule has 6 rings (SSSR count). The van der Waals surface area contributed by atoms with Crippen molar-refractivity contribution >= 4 is 39.0 Å². The Hall–Kier alpha value is -3.67. The van der Waals surface area contributed by atoms with E-state index >= 15 is 0 Å². The molecule has 1 fully saturated rings. The largest absolute Gasteiger partial charge is 0.497 e. The van der Waals surface area contributed by atoms with E-state index in [0.717, 1.165) is 25.3 Å². The van der Waals surface area contributed by atoms with Crippen LogP contribution in [-0.2, 0) is 26.3 Å². The maximum atomic E-state index is 14.7. The van der Waals surface area contributed by atoms with E-state index in [0.29, 0.717) is 35.0 Å². The van der Waals surface area contributed by atoms with Crippen molar-refractivity contribution in [1.29, 1.82) is 0 Å². The van der Waals surface area contributed by atoms with Gasteiger partial charge >= 0.3 is 10.2 Å². The van der Waals surface area contributed by atoms with E-state index in [9.17, 15) is 18.0 Å². The van der Waals surface area contributed by atoms with Crippen molar-refractivity contribution in [3.63, 3.8) is 0 Å². The van der Waals surface area contributed by atoms with Gasteiger partial charge in [-0.05, 0) is 66.3 Å². The number of carbonyl (C=O) groups excluding carboxylic acids is 2. The molecule has 3 aliphatic rings. The second kappa shape index (κ2) is 11.8. The van der Waals surface area contributed by atoms with Gasteiger partial charge in [-0.25, -0.2) is 4.72 Å². The van der Waals surface area contributed by atoms with Crippen LogP contribution in [0.5, 0.6) is 5.75 Å². The Balaban J connectivity index is 1.74. The topological polar surface area (TPSA) is 110 Å². The molecule has 1 saturated carbocycles. The molecular formula is C32H38N4O6S. The van der Waals surface area contributed by atoms with Crippen LogP contribution in [0.3, 0.4) is 0 Å². The summed E-state index contributed by atoms with van der Waals surface area (Å²) in [7, 11) is -8.95. The molecule has 3 aromatic rings. The molecule has 1 aromatic heterocycles. The summed E-state index contributed by atoms with van der Waals surface area (Å²) in [5.41, 5.74) is 0.581. The van der Waals surface area contributed by atoms with Gasteiger partial charge < -0.3 is 18.9 Å². The summed E-state index contributed by atoms with van der Waals surface area (Å²) in [4.78, 5) is 28.0. The highest BCUT2D eigenvalue weighted by molar-refractivity contribution is 7.87. The Morgan fingerprint density at radius 3 is 2.67 bits per heavy atom. The number of nitrogens with one attached hydrogen (secondary N) is 1. The molecule has 3 heterocycles. The van der Waals surface area contributed by atoms with Gasteiger partial charge in [0, 0.05) is 65.5 Å². The molecule has 0 saturated heterocycles. The lowest BCUT2D eigenvalue weighted by Gasteiger charge is -2.24. The SMILES string of the molecule is [2H]C([2H])([2H])Oc1ccc2c(c1)C=C1Cn3c-2c(C2CCCCC2)c2ccc(cc23)C(=O)NS(=O)(=O)N(C([2H])([2H])[2H])C([2H])([2H])C([2H])([2H])OC([2H])([2H])C([2H])([2H])N(C([2H])([2H])[2H])C1=O. The van der Waals surface area contributed by atoms with Gasteiger partial charge in [0.2, 0.25) is 0 Å². The molecule has 228 valence electrons. The molecule has 11 heteroatoms. The van der Waals surface area contributed by atoms with Gasteiger partial charge in [-0.1, -0.05) is 25.3 Å². The van der Waals surface area contributed by atoms with Crippen molar-refractivity contribution in [2.24, 2.45) is 0 Å². The lowest BCUT2D eigenvalue weighted by molar-refractivity contribution is -0.126. The van der Waals surface area contributed by atoms with E-state index in [1.165, 1.54) is 45.7 Å². The molecule has 0 unspecified atom stereocenters. The average Bonchev–Trinajstić information content (AvgIpc) is 3.27. The van der Waals surface area contributed by atoms with Crippen molar-refractivity contribution in [2.75, 3.05) is 47.1 Å². The first-order chi connectivity index (χ1) is 27.2. The van der Waals surface area contributed by atoms with Crippen molar-refractivity contribution in [3.8, 4) is 17.0 Å². The smallest absolute Gasteiger partial charge is 0.303 e. The predicted molar refractivity (Wildman–Crippen MR) is 165 cm³/mol. The van der Waals surface area contributed by atoms with Crippen molar-refractivity contribution in [1.82, 2.24) is 18.5 Å². The summed E-state index contributed by atoms with van der Waals surface area (Å²) in [5, 5.41) is 0.470. The number of carbonyl (C=O) groups is 2. The Morgan fingerprint density at radius 1 is 1.05 bits per heavy atom. The minimum absolute atomic E-state index is 0.0665. The minimum Gasteiger partial charge on any atom is -0.497 e. The zero-order chi connectivity index (χ0) is 45.0. The molecular weight excluding hydrogens is 568 g/mol. The molecule has 2 aliphatic heterocycles. The second-order valence-corrected chi connectivity index (χ2v) is 11.8. The van der Waals surface area contributed by atoms with Gasteiger partial charge in [-0.15, -0.1) is 0 Å². The van der Waals surface area contributed by atoms with Gasteiger partial charge in [-0.3, -0.25) is 9.59 Å². The van der Waals surface area contributed by atoms with Crippen LogP contribution in [0.25, 0.3) is 28.2 Å². The lowest BCUT2D eigenvalue weighted by atomic mass is 9.81. The first-order valence-electron chi connectivity index (χ1n) is 21.8. The Kier molecular flexibility index (Phi) is 4.21. The highest BCUT2D eigenvalue weighted by Crippen LogP contribution is 2.47. The van der Waals surface area contributed by atoms with Gasteiger partial charge in [-0.2, -0.15) is 12.7 Å². The minimum atomic E-state index is -6.01. The lowest BCUT2D eigenvalue weighted by Crippen LogP contribution is -2.42. The van der Waals surface area contributed by atoms with Crippen LogP contribution in [0.15, 0.2) is 42.0 Å². The van der Waals surface area contributed by atoms with Gasteiger partial charge in [0.15, 0.2) is 0 Å². The molecule has 0 spiro atoms. The van der Waals surface area contributed by atoms with E-state index in [4.69, 9.17) is 28.0 Å². The number of methoxy groups -OCH3 is 1. The highest BCUT2D eigenvalue weighted by Gasteiger charge is 2.31. The molecule has 2 amide bonds. The van der Waals surface area contributed by atoms with E-state index < -0.39 is 96.0 Å². The number of benzene rings is 2. The fourth-order valence-corrected chi connectivity index (χ4v) is 6.48. The van der Waals surface area contributed by atoms with Crippen LogP contribution in [0.4, 0.5) is 0 Å². The number of aromatic nitrogens is 1. The summed E-state index contributed by atoms with van der Waals surface area (Å²) in [6.45, 7) is -26.6. The Labute approximate surface area is 276 Å². The van der Waals surface area contributed by atoms with E-state index in [1.807, 2.05) is 0 Å². The number of nitrogens with zero attached hydrogens (tertiary/aromatic N) is 3. The first kappa shape index (κ1) is 15.4. The van der Waals surface area contributed by atoms with E-state index in [2.05, 4.69) is 4.74 Å². The van der Waals surface area contributed by atoms with Gasteiger partial charge in [0.05, 0.1) is 44.7 Å². The van der Waals surface area contributed by atoms with Crippen molar-refractivity contribution < 1.29 is 50.8 Å². The molecule has 1 aliphatic carbocycles. The van der Waals surface area contributed by atoms with Gasteiger partial charge in [0.1, 0.15) is 5.75 Å². The molecule has 10 nitrogen and oxygen atoms in total. The fraction of sp³-hybridized carbons (Fsp3) is 0.438. The Morgan fingerprint density at radius 2 is 1.88 bits per heavy atom. The standard InChI is InChI=1S/C32H38N4O6S/c1-34-13-15-42-16-14-35(2)43(39,40)33-31(37)22-9-11-27-28(19-22)36-20-24(32(34)38)17-23-18-25(41-3)10-12-26(23)30(36)29(27)21-7-5-4-6-8-21/h9-12,17-19,21H,4-8,13-16,20H2,1-3H3,(H,33,37)/i1D3,2D3,3D3,13D2,14D2,15D2,16D2. The fourth-order valence-electron chi connectivity index (χ4n) is 5.88. The summed E-state index contributed by atoms with van der Waals surface area (Å²) < 4.78 is 178. The highest BCUT2D eigenvalue weighted by atomic mass is 32.2. The van der Waals surface area contributed by atoms with Crippen LogP contribution < -0.4 is 9.46 Å². The normalized spacial score (nSPS) is 31.9. The number of amides is 2. The quantitative estimate of drug-likeness (QED) is 0.459. The number of hydrogen-bond acceptors (Lipinski definition) is 6. The maximum absolute atomic E-state index is 14.7. The third kappa shape index (κ3) is 5.57. The zero-order valence-electron chi connectivity index (χ0n) is 39.6. The first-order valence-corrected chi connectivity index (χ1v) is 14.8. The molecule has 0 radical (unpaired) electrons. The van der Waals surface area contributed by atoms with Crippen LogP contribution in [-0.4, -0.2) is 81.1 Å². The summed E-state index contributed by atoms with van der Waals surface area (Å²) in [6.07, 6.45) is 5.00. The van der Waals surface area contributed by atoms with Crippen LogP contribution >= 0.6 is 0 Å². The number of ether oxygens (including phenoxy) is 2. The van der Waals surface area contributed by atoms with Crippen LogP contribution in [0.2, 0.25) is 0 Å². The number of hydrogen-bond donors (Lipinski definition) is 1. The summed E-state index contributed by atoms with van der Waals surface area (Å²) in [5.74, 6) is -3.65. The summed E-state index contributed by atoms with van der Waals surface area (Å²) in [6, 6.07) is 7.90. The average molecular weight is 624 g/mol. The third-order valence-corrected chi connectivity index (χ3v) is 8.80. The zero-order valence-corrected chi connectivity index (χ0v) is 23.4. The van der Waals surface area contributed by atoms with Gasteiger partial charge in [0.25, 0.3) is 11.8 Å². The predicted octanol–water partition coefficient (Wildman–Crippen LogP) is 4.16. The maximum Gasteiger partial charge on any atom is 0.303 e. The van der Waals surface area contributed by atoms with Crippen molar-refractivity contribution in [3.05, 3.63) is 58.7 Å². The molecule has 1 N–H and O–H groups in total. The molecule has 0 atom stereocenters. The van der Waals surface area contributed by atoms with Crippen molar-refractivity contribution in [2.45, 2.75) is 44.6 Å². The third-order valence-electron chi connectivity index (χ3n) is 7.78. The second-order valence-electron chi connectivity index (χ2n) is 10.3. The monoisotopic (exact) mass is 623 g/mol. The molecule has 2 aromatic carbocycles. The van der Waals surface area contributed by atoms with Crippen LogP contribution in [0, 0.1) is 0 Å². The summed E-state index contributed by atoms with van der Waals surface area (Å²) >= 11 is 0. The number of likely N-dealkylation sites (N-methyl/N-ethyl adjacent to an activating group) is 2. The Bertz CT molecular complexity index is 2380. The molecule has 43 heavy (non-hydrogen) atoms. The number of fused-ring (bicyclic) bond motifs is 4. The van der Waals surface area contributed by atoms with Crippen LogP contribution in [0.1, 0.15) is 82.8 Å². The van der Waals surface area contributed by atoms with E-state index in [-0.39, 0.29) is 22.7 Å².